The monoisotopic (exact) mass is 310 g/mol. The molecule has 0 spiro atoms. The highest BCUT2D eigenvalue weighted by Crippen LogP contribution is 2.39. The maximum Gasteiger partial charge on any atom is 0.307 e. The maximum atomic E-state index is 11.9. The van der Waals surface area contributed by atoms with Crippen molar-refractivity contribution >= 4 is 35.1 Å². The van der Waals surface area contributed by atoms with Crippen molar-refractivity contribution in [3.8, 4) is 0 Å². The molecule has 0 unspecified atom stereocenters. The van der Waals surface area contributed by atoms with Gasteiger partial charge in [-0.1, -0.05) is 11.6 Å². The number of hydrogen-bond acceptors (Lipinski definition) is 3. The van der Waals surface area contributed by atoms with Gasteiger partial charge in [0.05, 0.1) is 22.4 Å². The molecule has 2 atom stereocenters. The Bertz CT molecular complexity index is 615. The Hall–Kier alpha value is -2.08. The number of anilines is 1. The number of rotatable bonds is 4. The van der Waals surface area contributed by atoms with Crippen molar-refractivity contribution in [1.82, 2.24) is 4.90 Å². The predicted molar refractivity (Wildman–Crippen MR) is 77.3 cm³/mol. The summed E-state index contributed by atoms with van der Waals surface area (Å²) in [6.07, 6.45) is 0.345. The van der Waals surface area contributed by atoms with Gasteiger partial charge in [0.25, 0.3) is 5.91 Å². The van der Waals surface area contributed by atoms with Crippen LogP contribution < -0.4 is 5.32 Å². The van der Waals surface area contributed by atoms with E-state index in [1.165, 1.54) is 17.0 Å². The average Bonchev–Trinajstić information content (AvgIpc) is 3.20. The molecule has 1 aromatic carbocycles. The Labute approximate surface area is 126 Å². The van der Waals surface area contributed by atoms with E-state index >= 15 is 0 Å². The average molecular weight is 311 g/mol. The van der Waals surface area contributed by atoms with Crippen molar-refractivity contribution in [2.75, 3.05) is 19.4 Å². The molecule has 2 N–H and O–H groups in total. The van der Waals surface area contributed by atoms with Crippen LogP contribution >= 0.6 is 11.6 Å². The molecule has 0 saturated heterocycles. The van der Waals surface area contributed by atoms with Crippen molar-refractivity contribution in [3.05, 3.63) is 28.8 Å². The van der Waals surface area contributed by atoms with E-state index in [9.17, 15) is 14.4 Å². The summed E-state index contributed by atoms with van der Waals surface area (Å²) in [4.78, 5) is 36.0. The summed E-state index contributed by atoms with van der Waals surface area (Å²) in [6.45, 7) is 0. The lowest BCUT2D eigenvalue weighted by Crippen LogP contribution is -2.22. The van der Waals surface area contributed by atoms with Crippen LogP contribution in [0.3, 0.4) is 0 Å². The molecule has 7 heteroatoms. The lowest BCUT2D eigenvalue weighted by atomic mass is 10.1. The van der Waals surface area contributed by atoms with E-state index in [0.717, 1.165) is 0 Å². The highest BCUT2D eigenvalue weighted by molar-refractivity contribution is 6.34. The number of benzene rings is 1. The minimum atomic E-state index is -0.963. The molecule has 1 saturated carbocycles. The molecule has 1 aromatic rings. The second-order valence-electron chi connectivity index (χ2n) is 5.17. The van der Waals surface area contributed by atoms with E-state index in [0.29, 0.717) is 17.1 Å². The van der Waals surface area contributed by atoms with Gasteiger partial charge in [0.1, 0.15) is 0 Å². The fraction of sp³-hybridized carbons (Fsp3) is 0.357. The minimum Gasteiger partial charge on any atom is -0.481 e. The number of aliphatic carboxylic acids is 1. The fourth-order valence-corrected chi connectivity index (χ4v) is 2.20. The van der Waals surface area contributed by atoms with Crippen molar-refractivity contribution in [1.29, 1.82) is 0 Å². The van der Waals surface area contributed by atoms with Gasteiger partial charge < -0.3 is 15.3 Å². The van der Waals surface area contributed by atoms with Crippen LogP contribution in [0.1, 0.15) is 16.8 Å². The van der Waals surface area contributed by atoms with Crippen molar-refractivity contribution in [3.63, 3.8) is 0 Å². The second kappa shape index (κ2) is 5.73. The highest BCUT2D eigenvalue weighted by atomic mass is 35.5. The molecule has 0 aromatic heterocycles. The Morgan fingerprint density at radius 2 is 1.95 bits per heavy atom. The zero-order valence-electron chi connectivity index (χ0n) is 11.6. The van der Waals surface area contributed by atoms with Crippen molar-refractivity contribution in [2.45, 2.75) is 6.42 Å². The smallest absolute Gasteiger partial charge is 0.307 e. The maximum absolute atomic E-state index is 11.9. The lowest BCUT2D eigenvalue weighted by molar-refractivity contribution is -0.139. The number of hydrogen-bond donors (Lipinski definition) is 2. The summed E-state index contributed by atoms with van der Waals surface area (Å²) >= 11 is 5.97. The molecular weight excluding hydrogens is 296 g/mol. The van der Waals surface area contributed by atoms with Crippen LogP contribution in [0.25, 0.3) is 0 Å². The zero-order chi connectivity index (χ0) is 15.7. The van der Waals surface area contributed by atoms with E-state index in [1.54, 1.807) is 20.2 Å². The van der Waals surface area contributed by atoms with Gasteiger partial charge in [-0.05, 0) is 24.6 Å². The SMILES string of the molecule is CN(C)C(=O)c1cc(NC(=O)[C@@H]2C[C@@H]2C(=O)O)ccc1Cl. The van der Waals surface area contributed by atoms with Crippen LogP contribution in [0, 0.1) is 11.8 Å². The van der Waals surface area contributed by atoms with Crippen LogP contribution in [0.4, 0.5) is 5.69 Å². The third kappa shape index (κ3) is 3.33. The van der Waals surface area contributed by atoms with Gasteiger partial charge in [0, 0.05) is 19.8 Å². The van der Waals surface area contributed by atoms with E-state index in [2.05, 4.69) is 5.32 Å². The first kappa shape index (κ1) is 15.3. The number of amides is 2. The van der Waals surface area contributed by atoms with E-state index in [1.807, 2.05) is 0 Å². The third-order valence-corrected chi connectivity index (χ3v) is 3.64. The lowest BCUT2D eigenvalue weighted by Gasteiger charge is -2.13. The first-order valence-corrected chi connectivity index (χ1v) is 6.74. The van der Waals surface area contributed by atoms with Gasteiger partial charge in [-0.25, -0.2) is 0 Å². The predicted octanol–water partition coefficient (Wildman–Crippen LogP) is 1.70. The normalized spacial score (nSPS) is 19.8. The van der Waals surface area contributed by atoms with Gasteiger partial charge in [0.2, 0.25) is 5.91 Å². The Kier molecular flexibility index (Phi) is 4.18. The number of carboxylic acid groups (broad SMARTS) is 1. The van der Waals surface area contributed by atoms with Gasteiger partial charge in [-0.2, -0.15) is 0 Å². The van der Waals surface area contributed by atoms with E-state index in [-0.39, 0.29) is 17.4 Å². The van der Waals surface area contributed by atoms with E-state index in [4.69, 9.17) is 16.7 Å². The molecule has 0 bridgehead atoms. The van der Waals surface area contributed by atoms with Gasteiger partial charge in [0.15, 0.2) is 0 Å². The summed E-state index contributed by atoms with van der Waals surface area (Å²) in [5, 5.41) is 11.7. The molecule has 0 heterocycles. The Morgan fingerprint density at radius 1 is 1.29 bits per heavy atom. The molecule has 0 aliphatic heterocycles. The van der Waals surface area contributed by atoms with E-state index < -0.39 is 17.8 Å². The van der Waals surface area contributed by atoms with Crippen LogP contribution in [0.15, 0.2) is 18.2 Å². The fourth-order valence-electron chi connectivity index (χ4n) is 2.00. The van der Waals surface area contributed by atoms with Gasteiger partial charge in [-0.15, -0.1) is 0 Å². The molecule has 6 nitrogen and oxygen atoms in total. The first-order chi connectivity index (χ1) is 9.81. The molecular formula is C14H15ClN2O4. The summed E-state index contributed by atoms with van der Waals surface area (Å²) in [6, 6.07) is 4.58. The molecule has 0 radical (unpaired) electrons. The van der Waals surface area contributed by atoms with Gasteiger partial charge >= 0.3 is 5.97 Å². The number of nitrogens with zero attached hydrogens (tertiary/aromatic N) is 1. The van der Waals surface area contributed by atoms with Crippen LogP contribution in [-0.4, -0.2) is 41.9 Å². The van der Waals surface area contributed by atoms with Crippen molar-refractivity contribution in [2.24, 2.45) is 11.8 Å². The van der Waals surface area contributed by atoms with Crippen LogP contribution in [-0.2, 0) is 9.59 Å². The molecule has 2 rings (SSSR count). The molecule has 21 heavy (non-hydrogen) atoms. The molecule has 1 aliphatic rings. The van der Waals surface area contributed by atoms with Crippen LogP contribution in [0.2, 0.25) is 5.02 Å². The summed E-state index contributed by atoms with van der Waals surface area (Å²) in [7, 11) is 3.21. The topological polar surface area (TPSA) is 86.7 Å². The summed E-state index contributed by atoms with van der Waals surface area (Å²) < 4.78 is 0. The quantitative estimate of drug-likeness (QED) is 0.886. The Morgan fingerprint density at radius 3 is 2.48 bits per heavy atom. The summed E-state index contributed by atoms with van der Waals surface area (Å²) in [5.74, 6) is -2.71. The number of nitrogens with one attached hydrogen (secondary N) is 1. The number of carbonyl (C=O) groups excluding carboxylic acids is 2. The number of carbonyl (C=O) groups is 3. The Balaban J connectivity index is 2.11. The van der Waals surface area contributed by atoms with Gasteiger partial charge in [-0.3, -0.25) is 14.4 Å². The first-order valence-electron chi connectivity index (χ1n) is 6.36. The number of carboxylic acids is 1. The molecule has 1 aliphatic carbocycles. The summed E-state index contributed by atoms with van der Waals surface area (Å²) in [5.41, 5.74) is 0.704. The molecule has 2 amide bonds. The minimum absolute atomic E-state index is 0.272. The molecule has 1 fully saturated rings. The van der Waals surface area contributed by atoms with Crippen molar-refractivity contribution < 1.29 is 19.5 Å². The standard InChI is InChI=1S/C14H15ClN2O4/c1-17(2)13(19)10-5-7(3-4-11(10)15)16-12(18)8-6-9(8)14(20)21/h3-5,8-9H,6H2,1-2H3,(H,16,18)(H,20,21)/t8-,9+/m1/s1. The second-order valence-corrected chi connectivity index (χ2v) is 5.58. The zero-order valence-corrected chi connectivity index (χ0v) is 12.3. The molecule has 112 valence electrons. The van der Waals surface area contributed by atoms with Crippen LogP contribution in [0.5, 0.6) is 0 Å². The third-order valence-electron chi connectivity index (χ3n) is 3.31. The highest BCUT2D eigenvalue weighted by Gasteiger charge is 2.48. The number of halogens is 1. The largest absolute Gasteiger partial charge is 0.481 e.